The van der Waals surface area contributed by atoms with Crippen molar-refractivity contribution >= 4 is 51.8 Å². The average molecular weight is 311 g/mol. The summed E-state index contributed by atoms with van der Waals surface area (Å²) in [4.78, 5) is 0.334. The Labute approximate surface area is 127 Å². The average Bonchev–Trinajstić information content (AvgIpc) is 2.35. The summed E-state index contributed by atoms with van der Waals surface area (Å²) < 4.78 is 0. The molecule has 2 rings (SSSR count). The van der Waals surface area contributed by atoms with Crippen LogP contribution >= 0.6 is 35.4 Å². The zero-order valence-electron chi connectivity index (χ0n) is 10.2. The van der Waals surface area contributed by atoms with E-state index < -0.39 is 0 Å². The molecule has 0 bridgehead atoms. The molecule has 0 aromatic heterocycles. The van der Waals surface area contributed by atoms with E-state index in [0.29, 0.717) is 15.0 Å². The standard InChI is InChI=1S/C14H12Cl2N2S/c1-8-5-6-9(14(17)19)12(7-8)18-11-4-2-3-10(15)13(11)16/h2-7,18H,1H3,(H2,17,19). The molecular formula is C14H12Cl2N2S. The SMILES string of the molecule is Cc1ccc(C(N)=S)c(Nc2cccc(Cl)c2Cl)c1. The highest BCUT2D eigenvalue weighted by Crippen LogP contribution is 2.32. The fraction of sp³-hybridized carbons (Fsp3) is 0.0714. The first-order valence-electron chi connectivity index (χ1n) is 5.60. The third-order valence-electron chi connectivity index (χ3n) is 2.66. The highest BCUT2D eigenvalue weighted by Gasteiger charge is 2.09. The van der Waals surface area contributed by atoms with E-state index in [9.17, 15) is 0 Å². The number of halogens is 2. The number of nitrogens with one attached hydrogen (secondary N) is 1. The van der Waals surface area contributed by atoms with Crippen LogP contribution in [0.5, 0.6) is 0 Å². The fourth-order valence-electron chi connectivity index (χ4n) is 1.72. The molecule has 0 heterocycles. The van der Waals surface area contributed by atoms with Gasteiger partial charge in [-0.25, -0.2) is 0 Å². The van der Waals surface area contributed by atoms with Crippen LogP contribution < -0.4 is 11.1 Å². The monoisotopic (exact) mass is 310 g/mol. The number of thiocarbonyl (C=S) groups is 1. The van der Waals surface area contributed by atoms with Crippen molar-refractivity contribution < 1.29 is 0 Å². The fourth-order valence-corrected chi connectivity index (χ4v) is 2.25. The van der Waals surface area contributed by atoms with Gasteiger partial charge in [0.1, 0.15) is 4.99 Å². The van der Waals surface area contributed by atoms with Gasteiger partial charge in [-0.3, -0.25) is 0 Å². The van der Waals surface area contributed by atoms with E-state index in [0.717, 1.165) is 22.5 Å². The predicted molar refractivity (Wildman–Crippen MR) is 86.8 cm³/mol. The number of rotatable bonds is 3. The third kappa shape index (κ3) is 3.18. The van der Waals surface area contributed by atoms with Crippen molar-refractivity contribution in [1.29, 1.82) is 0 Å². The van der Waals surface area contributed by atoms with E-state index in [4.69, 9.17) is 41.2 Å². The largest absolute Gasteiger partial charge is 0.389 e. The topological polar surface area (TPSA) is 38.0 Å². The zero-order valence-corrected chi connectivity index (χ0v) is 12.5. The van der Waals surface area contributed by atoms with Crippen LogP contribution in [-0.4, -0.2) is 4.99 Å². The molecule has 98 valence electrons. The van der Waals surface area contributed by atoms with Crippen LogP contribution in [-0.2, 0) is 0 Å². The normalized spacial score (nSPS) is 10.3. The minimum atomic E-state index is 0.334. The van der Waals surface area contributed by atoms with E-state index in [2.05, 4.69) is 5.32 Å². The van der Waals surface area contributed by atoms with E-state index in [1.54, 1.807) is 6.07 Å². The molecular weight excluding hydrogens is 299 g/mol. The summed E-state index contributed by atoms with van der Waals surface area (Å²) in [5.41, 5.74) is 9.13. The zero-order chi connectivity index (χ0) is 14.0. The molecule has 0 atom stereocenters. The van der Waals surface area contributed by atoms with Gasteiger partial charge >= 0.3 is 0 Å². The van der Waals surface area contributed by atoms with Gasteiger partial charge in [-0.2, -0.15) is 0 Å². The molecule has 2 nitrogen and oxygen atoms in total. The van der Waals surface area contributed by atoms with E-state index in [1.807, 2.05) is 37.3 Å². The van der Waals surface area contributed by atoms with Crippen molar-refractivity contribution in [3.8, 4) is 0 Å². The van der Waals surface area contributed by atoms with Crippen molar-refractivity contribution in [2.75, 3.05) is 5.32 Å². The van der Waals surface area contributed by atoms with Gasteiger partial charge in [0, 0.05) is 11.3 Å². The summed E-state index contributed by atoms with van der Waals surface area (Å²) in [7, 11) is 0. The molecule has 0 saturated carbocycles. The molecule has 0 spiro atoms. The minimum absolute atomic E-state index is 0.334. The molecule has 2 aromatic carbocycles. The first-order valence-corrected chi connectivity index (χ1v) is 6.77. The van der Waals surface area contributed by atoms with Crippen molar-refractivity contribution in [3.63, 3.8) is 0 Å². The number of hydrogen-bond donors (Lipinski definition) is 2. The molecule has 2 aromatic rings. The van der Waals surface area contributed by atoms with Gasteiger partial charge in [-0.15, -0.1) is 0 Å². The Morgan fingerprint density at radius 3 is 2.58 bits per heavy atom. The van der Waals surface area contributed by atoms with Crippen LogP contribution in [0.15, 0.2) is 36.4 Å². The lowest BCUT2D eigenvalue weighted by molar-refractivity contribution is 1.43. The van der Waals surface area contributed by atoms with Crippen LogP contribution in [0.3, 0.4) is 0 Å². The molecule has 0 amide bonds. The first-order chi connectivity index (χ1) is 8.99. The lowest BCUT2D eigenvalue weighted by Gasteiger charge is -2.13. The molecule has 0 aliphatic rings. The van der Waals surface area contributed by atoms with E-state index in [-0.39, 0.29) is 0 Å². The number of hydrogen-bond acceptors (Lipinski definition) is 2. The van der Waals surface area contributed by atoms with E-state index >= 15 is 0 Å². The van der Waals surface area contributed by atoms with Crippen LogP contribution in [0.25, 0.3) is 0 Å². The molecule has 0 aliphatic carbocycles. The lowest BCUT2D eigenvalue weighted by Crippen LogP contribution is -2.12. The van der Waals surface area contributed by atoms with Gasteiger partial charge in [0.2, 0.25) is 0 Å². The van der Waals surface area contributed by atoms with Crippen molar-refractivity contribution in [2.45, 2.75) is 6.92 Å². The smallest absolute Gasteiger partial charge is 0.106 e. The Morgan fingerprint density at radius 1 is 1.16 bits per heavy atom. The van der Waals surface area contributed by atoms with Gasteiger partial charge in [0.25, 0.3) is 0 Å². The molecule has 0 saturated heterocycles. The van der Waals surface area contributed by atoms with Crippen molar-refractivity contribution in [1.82, 2.24) is 0 Å². The summed E-state index contributed by atoms with van der Waals surface area (Å²) in [6, 6.07) is 11.2. The van der Waals surface area contributed by atoms with Gasteiger partial charge in [0.05, 0.1) is 15.7 Å². The molecule has 3 N–H and O–H groups in total. The third-order valence-corrected chi connectivity index (χ3v) is 3.70. The van der Waals surface area contributed by atoms with Crippen LogP contribution in [0.4, 0.5) is 11.4 Å². The Bertz CT molecular complexity index is 641. The number of aryl methyl sites for hydroxylation is 1. The highest BCUT2D eigenvalue weighted by atomic mass is 35.5. The molecule has 5 heteroatoms. The van der Waals surface area contributed by atoms with Crippen LogP contribution in [0, 0.1) is 6.92 Å². The van der Waals surface area contributed by atoms with Crippen molar-refractivity contribution in [2.24, 2.45) is 5.73 Å². The summed E-state index contributed by atoms with van der Waals surface area (Å²) in [5, 5.41) is 4.19. The maximum absolute atomic E-state index is 6.16. The molecule has 0 unspecified atom stereocenters. The Hall–Kier alpha value is -1.29. The Kier molecular flexibility index (Phi) is 4.30. The van der Waals surface area contributed by atoms with E-state index in [1.165, 1.54) is 0 Å². The second-order valence-corrected chi connectivity index (χ2v) is 5.36. The second-order valence-electron chi connectivity index (χ2n) is 4.14. The van der Waals surface area contributed by atoms with Crippen LogP contribution in [0.1, 0.15) is 11.1 Å². The van der Waals surface area contributed by atoms with Gasteiger partial charge in [0.15, 0.2) is 0 Å². The quantitative estimate of drug-likeness (QED) is 0.808. The summed E-state index contributed by atoms with van der Waals surface area (Å²) in [6.07, 6.45) is 0. The number of benzene rings is 2. The number of nitrogens with two attached hydrogens (primary N) is 1. The molecule has 0 aliphatic heterocycles. The Balaban J connectivity index is 2.45. The van der Waals surface area contributed by atoms with Crippen molar-refractivity contribution in [3.05, 3.63) is 57.6 Å². The van der Waals surface area contributed by atoms with Gasteiger partial charge in [-0.1, -0.05) is 47.6 Å². The van der Waals surface area contributed by atoms with Gasteiger partial charge in [-0.05, 0) is 36.8 Å². The highest BCUT2D eigenvalue weighted by molar-refractivity contribution is 7.80. The molecule has 0 fully saturated rings. The molecule has 0 radical (unpaired) electrons. The summed E-state index contributed by atoms with van der Waals surface area (Å²) >= 11 is 17.2. The molecule has 19 heavy (non-hydrogen) atoms. The predicted octanol–water partition coefficient (Wildman–Crippen LogP) is 4.68. The second kappa shape index (κ2) is 5.78. The first kappa shape index (κ1) is 14.1. The summed E-state index contributed by atoms with van der Waals surface area (Å²) in [5.74, 6) is 0. The van der Waals surface area contributed by atoms with Crippen LogP contribution in [0.2, 0.25) is 10.0 Å². The lowest BCUT2D eigenvalue weighted by atomic mass is 10.1. The summed E-state index contributed by atoms with van der Waals surface area (Å²) in [6.45, 7) is 1.99. The Morgan fingerprint density at radius 2 is 1.89 bits per heavy atom. The maximum atomic E-state index is 6.16. The van der Waals surface area contributed by atoms with Gasteiger partial charge < -0.3 is 11.1 Å². The maximum Gasteiger partial charge on any atom is 0.106 e. The minimum Gasteiger partial charge on any atom is -0.389 e. The number of anilines is 2.